The van der Waals surface area contributed by atoms with Gasteiger partial charge in [-0.2, -0.15) is 0 Å². The number of carboxylic acids is 1. The van der Waals surface area contributed by atoms with Gasteiger partial charge < -0.3 is 9.84 Å². The summed E-state index contributed by atoms with van der Waals surface area (Å²) in [5.41, 5.74) is -0.0484. The molecule has 0 saturated carbocycles. The second kappa shape index (κ2) is 6.61. The zero-order chi connectivity index (χ0) is 16.2. The van der Waals surface area contributed by atoms with Crippen LogP contribution >= 0.6 is 0 Å². The molecule has 0 heterocycles. The van der Waals surface area contributed by atoms with Crippen LogP contribution in [0.2, 0.25) is 0 Å². The Hall–Kier alpha value is -2.04. The van der Waals surface area contributed by atoms with Gasteiger partial charge in [-0.15, -0.1) is 0 Å². The lowest BCUT2D eigenvalue weighted by molar-refractivity contribution is -0.385. The number of benzene rings is 1. The molecule has 116 valence electrons. The fourth-order valence-electron chi connectivity index (χ4n) is 1.58. The predicted octanol–water partition coefficient (Wildman–Crippen LogP) is 0.281. The van der Waals surface area contributed by atoms with Crippen molar-refractivity contribution in [2.75, 3.05) is 13.7 Å². The van der Waals surface area contributed by atoms with Crippen LogP contribution in [0.25, 0.3) is 0 Å². The first-order chi connectivity index (χ1) is 9.69. The molecule has 0 radical (unpaired) electrons. The van der Waals surface area contributed by atoms with Crippen molar-refractivity contribution in [3.05, 3.63) is 33.9 Å². The van der Waals surface area contributed by atoms with Crippen molar-refractivity contribution in [3.8, 4) is 0 Å². The Morgan fingerprint density at radius 3 is 2.57 bits per heavy atom. The van der Waals surface area contributed by atoms with Gasteiger partial charge in [-0.1, -0.05) is 0 Å². The third-order valence-electron chi connectivity index (χ3n) is 2.68. The Bertz CT molecular complexity index is 657. The number of rotatable bonds is 7. The van der Waals surface area contributed by atoms with Crippen molar-refractivity contribution in [2.45, 2.75) is 17.9 Å². The predicted molar refractivity (Wildman–Crippen MR) is 71.5 cm³/mol. The molecule has 2 N–H and O–H groups in total. The number of nitrogens with zero attached hydrogens (tertiary/aromatic N) is 1. The van der Waals surface area contributed by atoms with E-state index >= 15 is 0 Å². The molecule has 0 aliphatic rings. The van der Waals surface area contributed by atoms with E-state index in [2.05, 4.69) is 9.46 Å². The third kappa shape index (κ3) is 4.21. The number of methoxy groups -OCH3 is 1. The van der Waals surface area contributed by atoms with Crippen LogP contribution in [0.5, 0.6) is 0 Å². The summed E-state index contributed by atoms with van der Waals surface area (Å²) in [5.74, 6) is -1.30. The third-order valence-corrected chi connectivity index (χ3v) is 4.26. The van der Waals surface area contributed by atoms with Gasteiger partial charge in [0.15, 0.2) is 6.10 Å². The number of nitro groups is 1. The standard InChI is InChI=1S/C11H14N2O7S/c1-7-5-8(13(16)17)3-4-10(7)21(18,19)12-6-9(20-2)11(14)15/h3-5,9,12H,6H2,1-2H3,(H,14,15). The summed E-state index contributed by atoms with van der Waals surface area (Å²) in [5, 5.41) is 19.4. The molecule has 0 fully saturated rings. The number of hydrogen-bond donors (Lipinski definition) is 2. The number of nitro benzene ring substituents is 1. The molecule has 0 aliphatic carbocycles. The number of aryl methyl sites for hydroxylation is 1. The summed E-state index contributed by atoms with van der Waals surface area (Å²) >= 11 is 0. The number of sulfonamides is 1. The Morgan fingerprint density at radius 1 is 1.52 bits per heavy atom. The second-order valence-electron chi connectivity index (χ2n) is 4.12. The van der Waals surface area contributed by atoms with Gasteiger partial charge in [0.05, 0.1) is 9.82 Å². The maximum Gasteiger partial charge on any atom is 0.334 e. The molecule has 10 heteroatoms. The van der Waals surface area contributed by atoms with Crippen LogP contribution in [0.15, 0.2) is 23.1 Å². The number of non-ortho nitro benzene ring substituents is 1. The van der Waals surface area contributed by atoms with Gasteiger partial charge in [-0.05, 0) is 18.6 Å². The molecule has 1 unspecified atom stereocenters. The minimum atomic E-state index is -3.99. The van der Waals surface area contributed by atoms with E-state index < -0.39 is 33.6 Å². The van der Waals surface area contributed by atoms with Crippen LogP contribution in [0.4, 0.5) is 5.69 Å². The number of nitrogens with one attached hydrogen (secondary N) is 1. The minimum absolute atomic E-state index is 0.159. The van der Waals surface area contributed by atoms with Gasteiger partial charge in [-0.25, -0.2) is 17.9 Å². The lowest BCUT2D eigenvalue weighted by Crippen LogP contribution is -2.38. The number of carbonyl (C=O) groups is 1. The number of hydrogen-bond acceptors (Lipinski definition) is 6. The molecule has 1 aromatic rings. The monoisotopic (exact) mass is 318 g/mol. The number of aliphatic carboxylic acids is 1. The van der Waals surface area contributed by atoms with Crippen LogP contribution in [0, 0.1) is 17.0 Å². The number of ether oxygens (including phenoxy) is 1. The molecule has 9 nitrogen and oxygen atoms in total. The van der Waals surface area contributed by atoms with E-state index in [0.29, 0.717) is 0 Å². The van der Waals surface area contributed by atoms with Crippen LogP contribution in [-0.2, 0) is 19.6 Å². The van der Waals surface area contributed by atoms with Crippen molar-refractivity contribution in [2.24, 2.45) is 0 Å². The average Bonchev–Trinajstić information content (AvgIpc) is 2.38. The maximum absolute atomic E-state index is 12.0. The zero-order valence-corrected chi connectivity index (χ0v) is 12.1. The van der Waals surface area contributed by atoms with Crippen LogP contribution in [-0.4, -0.2) is 44.2 Å². The quantitative estimate of drug-likeness (QED) is 0.544. The summed E-state index contributed by atoms with van der Waals surface area (Å²) in [6.45, 7) is 0.956. The highest BCUT2D eigenvalue weighted by Gasteiger charge is 2.23. The van der Waals surface area contributed by atoms with Crippen molar-refractivity contribution in [1.29, 1.82) is 0 Å². The highest BCUT2D eigenvalue weighted by Crippen LogP contribution is 2.20. The Morgan fingerprint density at radius 2 is 2.14 bits per heavy atom. The first-order valence-electron chi connectivity index (χ1n) is 5.69. The minimum Gasteiger partial charge on any atom is -0.479 e. The van der Waals surface area contributed by atoms with Crippen LogP contribution in [0.3, 0.4) is 0 Å². The lowest BCUT2D eigenvalue weighted by Gasteiger charge is -2.13. The van der Waals surface area contributed by atoms with E-state index in [1.807, 2.05) is 0 Å². The highest BCUT2D eigenvalue weighted by molar-refractivity contribution is 7.89. The molecule has 1 atom stereocenters. The molecule has 0 aliphatic heterocycles. The van der Waals surface area contributed by atoms with Gasteiger partial charge in [0.2, 0.25) is 10.0 Å². The highest BCUT2D eigenvalue weighted by atomic mass is 32.2. The molecule has 0 aromatic heterocycles. The van der Waals surface area contributed by atoms with E-state index in [9.17, 15) is 23.3 Å². The smallest absolute Gasteiger partial charge is 0.334 e. The summed E-state index contributed by atoms with van der Waals surface area (Å²) < 4.78 is 30.8. The van der Waals surface area contributed by atoms with E-state index in [1.165, 1.54) is 6.92 Å². The van der Waals surface area contributed by atoms with E-state index in [1.54, 1.807) is 0 Å². The van der Waals surface area contributed by atoms with Gasteiger partial charge in [0, 0.05) is 25.8 Å². The molecular formula is C11H14N2O7S. The molecule has 0 saturated heterocycles. The van der Waals surface area contributed by atoms with Crippen molar-refractivity contribution in [1.82, 2.24) is 4.72 Å². The van der Waals surface area contributed by atoms with E-state index in [0.717, 1.165) is 25.3 Å². The van der Waals surface area contributed by atoms with Gasteiger partial charge >= 0.3 is 5.97 Å². The zero-order valence-electron chi connectivity index (χ0n) is 11.3. The fraction of sp³-hybridized carbons (Fsp3) is 0.364. The first kappa shape index (κ1) is 17.0. The van der Waals surface area contributed by atoms with Crippen molar-refractivity contribution >= 4 is 21.7 Å². The van der Waals surface area contributed by atoms with Gasteiger partial charge in [-0.3, -0.25) is 10.1 Å². The normalized spacial score (nSPS) is 12.9. The van der Waals surface area contributed by atoms with Gasteiger partial charge in [0.1, 0.15) is 0 Å². The van der Waals surface area contributed by atoms with E-state index in [-0.39, 0.29) is 16.1 Å². The largest absolute Gasteiger partial charge is 0.479 e. The second-order valence-corrected chi connectivity index (χ2v) is 5.86. The summed E-state index contributed by atoms with van der Waals surface area (Å²) in [6.07, 6.45) is -1.32. The van der Waals surface area contributed by atoms with Crippen LogP contribution in [0.1, 0.15) is 5.56 Å². The Labute approximate surface area is 120 Å². The van der Waals surface area contributed by atoms with Crippen LogP contribution < -0.4 is 4.72 Å². The van der Waals surface area contributed by atoms with Crippen molar-refractivity contribution < 1.29 is 28.0 Å². The molecule has 0 amide bonds. The van der Waals surface area contributed by atoms with Gasteiger partial charge in [0.25, 0.3) is 5.69 Å². The average molecular weight is 318 g/mol. The molecular weight excluding hydrogens is 304 g/mol. The van der Waals surface area contributed by atoms with E-state index in [4.69, 9.17) is 5.11 Å². The number of carboxylic acid groups (broad SMARTS) is 1. The Kier molecular flexibility index (Phi) is 5.35. The molecule has 0 spiro atoms. The maximum atomic E-state index is 12.0. The molecule has 1 rings (SSSR count). The first-order valence-corrected chi connectivity index (χ1v) is 7.17. The fourth-order valence-corrected chi connectivity index (χ4v) is 2.84. The summed E-state index contributed by atoms with van der Waals surface area (Å²) in [6, 6.07) is 3.28. The lowest BCUT2D eigenvalue weighted by atomic mass is 10.2. The summed E-state index contributed by atoms with van der Waals surface area (Å²) in [7, 11) is -2.84. The topological polar surface area (TPSA) is 136 Å². The molecule has 21 heavy (non-hydrogen) atoms. The van der Waals surface area contributed by atoms with Crippen molar-refractivity contribution in [3.63, 3.8) is 0 Å². The Balaban J connectivity index is 2.98. The summed E-state index contributed by atoms with van der Waals surface area (Å²) in [4.78, 5) is 20.5. The molecule has 0 bridgehead atoms. The molecule has 1 aromatic carbocycles. The SMILES string of the molecule is COC(CNS(=O)(=O)c1ccc([N+](=O)[O-])cc1C)C(=O)O.